The number of rotatable bonds is 6. The summed E-state index contributed by atoms with van der Waals surface area (Å²) in [4.78, 5) is 31.9. The first-order valence-electron chi connectivity index (χ1n) is 8.43. The van der Waals surface area contributed by atoms with Crippen LogP contribution in [0.4, 0.5) is 11.5 Å². The Hall–Kier alpha value is -2.63. The van der Waals surface area contributed by atoms with Gasteiger partial charge in [0, 0.05) is 24.9 Å². The van der Waals surface area contributed by atoms with Crippen molar-refractivity contribution in [2.45, 2.75) is 39.0 Å². The van der Waals surface area contributed by atoms with Crippen molar-refractivity contribution in [3.63, 3.8) is 0 Å². The third kappa shape index (κ3) is 3.48. The zero-order valence-corrected chi connectivity index (χ0v) is 13.8. The minimum atomic E-state index is -0.281. The number of aromatic amines is 1. The van der Waals surface area contributed by atoms with Crippen LogP contribution < -0.4 is 10.6 Å². The van der Waals surface area contributed by atoms with Crippen LogP contribution >= 0.6 is 0 Å². The Morgan fingerprint density at radius 1 is 1.33 bits per heavy atom. The van der Waals surface area contributed by atoms with Gasteiger partial charge in [0.25, 0.3) is 5.91 Å². The van der Waals surface area contributed by atoms with E-state index in [1.54, 1.807) is 18.5 Å². The van der Waals surface area contributed by atoms with Gasteiger partial charge in [-0.15, -0.1) is 0 Å². The van der Waals surface area contributed by atoms with Crippen molar-refractivity contribution >= 4 is 23.2 Å². The van der Waals surface area contributed by atoms with Gasteiger partial charge in [-0.2, -0.15) is 0 Å². The molecule has 6 nitrogen and oxygen atoms in total. The quantitative estimate of drug-likeness (QED) is 0.710. The number of ketones is 1. The second kappa shape index (κ2) is 7.29. The van der Waals surface area contributed by atoms with Gasteiger partial charge < -0.3 is 15.6 Å². The van der Waals surface area contributed by atoms with Crippen LogP contribution in [0.3, 0.4) is 0 Å². The van der Waals surface area contributed by atoms with Crippen molar-refractivity contribution in [2.24, 2.45) is 0 Å². The SMILES string of the molecule is CCCCNc1ccc(NC(=O)c2c[nH]c3c2C(=O)CCC3)cn1. The lowest BCUT2D eigenvalue weighted by Gasteiger charge is -2.12. The van der Waals surface area contributed by atoms with E-state index in [-0.39, 0.29) is 11.7 Å². The van der Waals surface area contributed by atoms with Gasteiger partial charge in [0.1, 0.15) is 5.82 Å². The molecule has 0 bridgehead atoms. The Morgan fingerprint density at radius 2 is 2.21 bits per heavy atom. The number of Topliss-reactive ketones (excluding diaryl/α,β-unsaturated/α-hetero) is 1. The number of hydrogen-bond acceptors (Lipinski definition) is 4. The van der Waals surface area contributed by atoms with E-state index < -0.39 is 0 Å². The third-order valence-electron chi connectivity index (χ3n) is 4.17. The van der Waals surface area contributed by atoms with Crippen molar-refractivity contribution in [1.82, 2.24) is 9.97 Å². The number of carbonyl (C=O) groups excluding carboxylic acids is 2. The number of pyridine rings is 1. The number of aromatic nitrogens is 2. The summed E-state index contributed by atoms with van der Waals surface area (Å²) in [6.45, 7) is 3.02. The average molecular weight is 326 g/mol. The monoisotopic (exact) mass is 326 g/mol. The van der Waals surface area contributed by atoms with Gasteiger partial charge in [-0.1, -0.05) is 13.3 Å². The standard InChI is InChI=1S/C18H22N4O2/c1-2-3-9-19-16-8-7-12(10-21-16)22-18(24)13-11-20-14-5-4-6-15(23)17(13)14/h7-8,10-11,20H,2-6,9H2,1H3,(H,19,21)(H,22,24). The van der Waals surface area contributed by atoms with E-state index in [1.807, 2.05) is 6.07 Å². The summed E-state index contributed by atoms with van der Waals surface area (Å²) < 4.78 is 0. The molecule has 2 heterocycles. The van der Waals surface area contributed by atoms with Gasteiger partial charge in [-0.05, 0) is 31.4 Å². The highest BCUT2D eigenvalue weighted by molar-refractivity contribution is 6.13. The van der Waals surface area contributed by atoms with E-state index in [9.17, 15) is 9.59 Å². The largest absolute Gasteiger partial charge is 0.370 e. The maximum atomic E-state index is 12.5. The summed E-state index contributed by atoms with van der Waals surface area (Å²) in [5.74, 6) is 0.545. The normalized spacial score (nSPS) is 13.5. The van der Waals surface area contributed by atoms with Crippen molar-refractivity contribution in [3.05, 3.63) is 41.3 Å². The topological polar surface area (TPSA) is 86.9 Å². The molecule has 1 aliphatic carbocycles. The molecule has 0 aliphatic heterocycles. The van der Waals surface area contributed by atoms with Crippen molar-refractivity contribution < 1.29 is 9.59 Å². The van der Waals surface area contributed by atoms with Crippen molar-refractivity contribution in [1.29, 1.82) is 0 Å². The fourth-order valence-electron chi connectivity index (χ4n) is 2.88. The maximum absolute atomic E-state index is 12.5. The fourth-order valence-corrected chi connectivity index (χ4v) is 2.88. The zero-order valence-electron chi connectivity index (χ0n) is 13.8. The maximum Gasteiger partial charge on any atom is 0.257 e. The summed E-state index contributed by atoms with van der Waals surface area (Å²) in [6, 6.07) is 3.64. The molecule has 0 radical (unpaired) electrons. The second-order valence-electron chi connectivity index (χ2n) is 6.00. The number of aryl methyl sites for hydroxylation is 1. The Bertz CT molecular complexity index is 734. The molecule has 0 aromatic carbocycles. The van der Waals surface area contributed by atoms with Crippen LogP contribution in [0.1, 0.15) is 59.0 Å². The van der Waals surface area contributed by atoms with Crippen LogP contribution in [0.5, 0.6) is 0 Å². The molecule has 24 heavy (non-hydrogen) atoms. The van der Waals surface area contributed by atoms with Crippen LogP contribution in [0.15, 0.2) is 24.5 Å². The number of anilines is 2. The van der Waals surface area contributed by atoms with Gasteiger partial charge in [0.2, 0.25) is 0 Å². The van der Waals surface area contributed by atoms with E-state index in [0.717, 1.165) is 43.7 Å². The summed E-state index contributed by atoms with van der Waals surface area (Å²) >= 11 is 0. The zero-order chi connectivity index (χ0) is 16.9. The molecule has 2 aromatic heterocycles. The second-order valence-corrected chi connectivity index (χ2v) is 6.00. The van der Waals surface area contributed by atoms with Crippen LogP contribution in [0.2, 0.25) is 0 Å². The van der Waals surface area contributed by atoms with Crippen LogP contribution in [-0.2, 0) is 6.42 Å². The van der Waals surface area contributed by atoms with E-state index in [0.29, 0.717) is 23.2 Å². The first-order valence-corrected chi connectivity index (χ1v) is 8.43. The minimum absolute atomic E-state index is 0.0382. The number of unbranched alkanes of at least 4 members (excludes halogenated alkanes) is 1. The Kier molecular flexibility index (Phi) is 4.93. The highest BCUT2D eigenvalue weighted by Gasteiger charge is 2.25. The molecular formula is C18H22N4O2. The number of amides is 1. The molecule has 3 rings (SSSR count). The van der Waals surface area contributed by atoms with Crippen molar-refractivity contribution in [3.8, 4) is 0 Å². The number of hydrogen-bond donors (Lipinski definition) is 3. The first-order chi connectivity index (χ1) is 11.7. The van der Waals surface area contributed by atoms with E-state index in [4.69, 9.17) is 0 Å². The van der Waals surface area contributed by atoms with Crippen LogP contribution in [-0.4, -0.2) is 28.2 Å². The molecule has 0 saturated heterocycles. The van der Waals surface area contributed by atoms with Gasteiger partial charge in [0.15, 0.2) is 5.78 Å². The highest BCUT2D eigenvalue weighted by Crippen LogP contribution is 2.24. The molecule has 1 amide bonds. The van der Waals surface area contributed by atoms with Crippen LogP contribution in [0.25, 0.3) is 0 Å². The van der Waals surface area contributed by atoms with Gasteiger partial charge in [-0.25, -0.2) is 4.98 Å². The van der Waals surface area contributed by atoms with E-state index >= 15 is 0 Å². The molecule has 1 aliphatic rings. The summed E-state index contributed by atoms with van der Waals surface area (Å²) in [5.41, 5.74) is 2.44. The number of carbonyl (C=O) groups is 2. The summed E-state index contributed by atoms with van der Waals surface area (Å²) in [7, 11) is 0. The molecular weight excluding hydrogens is 304 g/mol. The number of nitrogens with zero attached hydrogens (tertiary/aromatic N) is 1. The molecule has 0 unspecified atom stereocenters. The molecule has 0 saturated carbocycles. The Morgan fingerprint density at radius 3 is 2.96 bits per heavy atom. The molecule has 0 atom stereocenters. The van der Waals surface area contributed by atoms with E-state index in [1.165, 1.54) is 0 Å². The highest BCUT2D eigenvalue weighted by atomic mass is 16.2. The van der Waals surface area contributed by atoms with Gasteiger partial charge in [-0.3, -0.25) is 9.59 Å². The number of nitrogens with one attached hydrogen (secondary N) is 3. The van der Waals surface area contributed by atoms with Gasteiger partial charge in [0.05, 0.1) is 23.0 Å². The number of fused-ring (bicyclic) bond motifs is 1. The molecule has 0 fully saturated rings. The van der Waals surface area contributed by atoms with E-state index in [2.05, 4.69) is 27.5 Å². The first kappa shape index (κ1) is 16.2. The fraction of sp³-hybridized carbons (Fsp3) is 0.389. The Balaban J connectivity index is 1.67. The molecule has 126 valence electrons. The lowest BCUT2D eigenvalue weighted by Crippen LogP contribution is -2.18. The number of H-pyrrole nitrogens is 1. The molecule has 2 aromatic rings. The summed E-state index contributed by atoms with van der Waals surface area (Å²) in [5, 5.41) is 6.03. The Labute approximate surface area is 141 Å². The summed E-state index contributed by atoms with van der Waals surface area (Å²) in [6.07, 6.45) is 7.61. The predicted molar refractivity (Wildman–Crippen MR) is 93.6 cm³/mol. The molecule has 0 spiro atoms. The average Bonchev–Trinajstić information content (AvgIpc) is 3.02. The lowest BCUT2D eigenvalue weighted by atomic mass is 9.93. The predicted octanol–water partition coefficient (Wildman–Crippen LogP) is 3.39. The molecule has 6 heteroatoms. The molecule has 3 N–H and O–H groups in total. The van der Waals surface area contributed by atoms with Crippen molar-refractivity contribution in [2.75, 3.05) is 17.2 Å². The van der Waals surface area contributed by atoms with Gasteiger partial charge >= 0.3 is 0 Å². The lowest BCUT2D eigenvalue weighted by molar-refractivity contribution is 0.0956. The van der Waals surface area contributed by atoms with Crippen LogP contribution in [0, 0.1) is 0 Å². The smallest absolute Gasteiger partial charge is 0.257 e. The third-order valence-corrected chi connectivity index (χ3v) is 4.17. The minimum Gasteiger partial charge on any atom is -0.370 e.